The molecule has 0 saturated heterocycles. The second-order valence-corrected chi connectivity index (χ2v) is 5.27. The first-order valence-corrected chi connectivity index (χ1v) is 7.58. The Morgan fingerprint density at radius 1 is 1.08 bits per heavy atom. The van der Waals surface area contributed by atoms with Crippen LogP contribution in [0.3, 0.4) is 0 Å². The van der Waals surface area contributed by atoms with Crippen LogP contribution in [0.5, 0.6) is 5.75 Å². The number of amides is 2. The van der Waals surface area contributed by atoms with Gasteiger partial charge < -0.3 is 10.1 Å². The van der Waals surface area contributed by atoms with E-state index in [4.69, 9.17) is 4.74 Å². The highest BCUT2D eigenvalue weighted by molar-refractivity contribution is 6.44. The van der Waals surface area contributed by atoms with E-state index in [1.54, 1.807) is 43.5 Å². The first-order chi connectivity index (χ1) is 11.7. The van der Waals surface area contributed by atoms with E-state index in [2.05, 4.69) is 10.4 Å². The molecule has 0 bridgehead atoms. The summed E-state index contributed by atoms with van der Waals surface area (Å²) >= 11 is 0. The number of anilines is 2. The van der Waals surface area contributed by atoms with Crippen LogP contribution in [0.25, 0.3) is 0 Å². The summed E-state index contributed by atoms with van der Waals surface area (Å²) in [6, 6.07) is 16.1. The number of hydrogen-bond acceptors (Lipinski definition) is 4. The Morgan fingerprint density at radius 2 is 1.79 bits per heavy atom. The van der Waals surface area contributed by atoms with Gasteiger partial charge in [-0.25, -0.2) is 5.01 Å². The summed E-state index contributed by atoms with van der Waals surface area (Å²) in [5.74, 6) is 0.277. The number of rotatable bonds is 4. The first-order valence-electron chi connectivity index (χ1n) is 7.58. The lowest BCUT2D eigenvalue weighted by Crippen LogP contribution is -2.36. The van der Waals surface area contributed by atoms with Crippen molar-refractivity contribution in [2.75, 3.05) is 17.4 Å². The molecule has 0 spiro atoms. The molecular formula is C18H17N3O3. The number of nitrogens with zero attached hydrogens (tertiary/aromatic N) is 2. The summed E-state index contributed by atoms with van der Waals surface area (Å²) in [7, 11) is 1.58. The maximum atomic E-state index is 12.4. The fourth-order valence-corrected chi connectivity index (χ4v) is 2.37. The fourth-order valence-electron chi connectivity index (χ4n) is 2.37. The van der Waals surface area contributed by atoms with Crippen molar-refractivity contribution in [2.24, 2.45) is 5.10 Å². The molecule has 0 aromatic heterocycles. The molecule has 6 nitrogen and oxygen atoms in total. The van der Waals surface area contributed by atoms with E-state index in [0.29, 0.717) is 29.3 Å². The van der Waals surface area contributed by atoms with Crippen molar-refractivity contribution >= 4 is 28.9 Å². The minimum Gasteiger partial charge on any atom is -0.497 e. The van der Waals surface area contributed by atoms with Crippen molar-refractivity contribution in [2.45, 2.75) is 12.8 Å². The van der Waals surface area contributed by atoms with Crippen LogP contribution in [-0.2, 0) is 9.59 Å². The lowest BCUT2D eigenvalue weighted by Gasteiger charge is -2.23. The molecule has 6 heteroatoms. The third kappa shape index (κ3) is 3.43. The number of carbonyl (C=O) groups excluding carboxylic acids is 2. The second-order valence-electron chi connectivity index (χ2n) is 5.27. The van der Waals surface area contributed by atoms with Gasteiger partial charge in [0.15, 0.2) is 0 Å². The molecule has 24 heavy (non-hydrogen) atoms. The number of hydrazone groups is 1. The summed E-state index contributed by atoms with van der Waals surface area (Å²) in [5, 5.41) is 8.30. The van der Waals surface area contributed by atoms with Gasteiger partial charge in [0, 0.05) is 18.5 Å². The largest absolute Gasteiger partial charge is 0.497 e. The van der Waals surface area contributed by atoms with Crippen molar-refractivity contribution in [3.05, 3.63) is 54.6 Å². The molecule has 0 aliphatic carbocycles. The minimum atomic E-state index is -0.311. The van der Waals surface area contributed by atoms with E-state index in [1.807, 2.05) is 18.2 Å². The van der Waals surface area contributed by atoms with Crippen LogP contribution in [0.2, 0.25) is 0 Å². The number of benzene rings is 2. The Hall–Kier alpha value is -3.15. The normalized spacial score (nSPS) is 14.1. The molecule has 2 aromatic rings. The summed E-state index contributed by atoms with van der Waals surface area (Å²) in [6.07, 6.45) is 0.577. The van der Waals surface area contributed by atoms with E-state index >= 15 is 0 Å². The standard InChI is InChI=1S/C18H17N3O3/c1-24-15-9-7-13(8-10-15)19-18(23)16-11-12-17(22)21(20-16)14-5-3-2-4-6-14/h2-10H,11-12H2,1H3,(H,19,23). The van der Waals surface area contributed by atoms with Gasteiger partial charge in [-0.05, 0) is 36.4 Å². The van der Waals surface area contributed by atoms with Gasteiger partial charge in [-0.15, -0.1) is 0 Å². The zero-order valence-corrected chi connectivity index (χ0v) is 13.2. The van der Waals surface area contributed by atoms with Gasteiger partial charge in [0.1, 0.15) is 11.5 Å². The van der Waals surface area contributed by atoms with Gasteiger partial charge in [0.05, 0.1) is 12.8 Å². The van der Waals surface area contributed by atoms with Crippen LogP contribution in [0.1, 0.15) is 12.8 Å². The molecule has 1 aliphatic heterocycles. The third-order valence-corrected chi connectivity index (χ3v) is 3.64. The predicted octanol–water partition coefficient (Wildman–Crippen LogP) is 2.82. The summed E-state index contributed by atoms with van der Waals surface area (Å²) in [5.41, 5.74) is 1.62. The maximum Gasteiger partial charge on any atom is 0.271 e. The van der Waals surface area contributed by atoms with Gasteiger partial charge in [-0.1, -0.05) is 18.2 Å². The molecule has 0 unspecified atom stereocenters. The fraction of sp³-hybridized carbons (Fsp3) is 0.167. The lowest BCUT2D eigenvalue weighted by atomic mass is 10.1. The van der Waals surface area contributed by atoms with E-state index in [1.165, 1.54) is 5.01 Å². The van der Waals surface area contributed by atoms with Crippen molar-refractivity contribution in [1.29, 1.82) is 0 Å². The van der Waals surface area contributed by atoms with Gasteiger partial charge in [0.2, 0.25) is 5.91 Å². The van der Waals surface area contributed by atoms with Crippen LogP contribution in [0.4, 0.5) is 11.4 Å². The SMILES string of the molecule is COc1ccc(NC(=O)C2=NN(c3ccccc3)C(=O)CC2)cc1. The molecule has 1 aliphatic rings. The van der Waals surface area contributed by atoms with Crippen LogP contribution >= 0.6 is 0 Å². The molecule has 2 aromatic carbocycles. The second kappa shape index (κ2) is 6.95. The summed E-state index contributed by atoms with van der Waals surface area (Å²) in [6.45, 7) is 0. The molecule has 2 amide bonds. The van der Waals surface area contributed by atoms with Crippen molar-refractivity contribution in [3.63, 3.8) is 0 Å². The van der Waals surface area contributed by atoms with Crippen LogP contribution in [0, 0.1) is 0 Å². The molecule has 0 atom stereocenters. The van der Waals surface area contributed by atoms with E-state index in [9.17, 15) is 9.59 Å². The Morgan fingerprint density at radius 3 is 2.46 bits per heavy atom. The van der Waals surface area contributed by atoms with Crippen LogP contribution < -0.4 is 15.1 Å². The Balaban J connectivity index is 1.77. The number of carbonyl (C=O) groups is 2. The number of para-hydroxylation sites is 1. The van der Waals surface area contributed by atoms with Crippen molar-refractivity contribution in [1.82, 2.24) is 0 Å². The molecule has 1 heterocycles. The number of hydrogen-bond donors (Lipinski definition) is 1. The molecule has 122 valence electrons. The summed E-state index contributed by atoms with van der Waals surface area (Å²) in [4.78, 5) is 24.5. The zero-order chi connectivity index (χ0) is 16.9. The highest BCUT2D eigenvalue weighted by atomic mass is 16.5. The van der Waals surface area contributed by atoms with Gasteiger partial charge in [-0.2, -0.15) is 5.10 Å². The average Bonchev–Trinajstić information content (AvgIpc) is 2.63. The maximum absolute atomic E-state index is 12.4. The highest BCUT2D eigenvalue weighted by Crippen LogP contribution is 2.20. The average molecular weight is 323 g/mol. The van der Waals surface area contributed by atoms with Gasteiger partial charge in [0.25, 0.3) is 5.91 Å². The first kappa shape index (κ1) is 15.7. The number of ether oxygens (including phenoxy) is 1. The van der Waals surface area contributed by atoms with Crippen molar-refractivity contribution < 1.29 is 14.3 Å². The van der Waals surface area contributed by atoms with E-state index in [-0.39, 0.29) is 18.2 Å². The molecule has 0 saturated carbocycles. The molecular weight excluding hydrogens is 306 g/mol. The quantitative estimate of drug-likeness (QED) is 0.940. The zero-order valence-electron chi connectivity index (χ0n) is 13.2. The predicted molar refractivity (Wildman–Crippen MR) is 92.2 cm³/mol. The van der Waals surface area contributed by atoms with Crippen LogP contribution in [0.15, 0.2) is 59.7 Å². The molecule has 0 fully saturated rings. The number of methoxy groups -OCH3 is 1. The Bertz CT molecular complexity index is 770. The molecule has 1 N–H and O–H groups in total. The van der Waals surface area contributed by atoms with Crippen molar-refractivity contribution in [3.8, 4) is 5.75 Å². The minimum absolute atomic E-state index is 0.123. The highest BCUT2D eigenvalue weighted by Gasteiger charge is 2.25. The topological polar surface area (TPSA) is 71.0 Å². The molecule has 0 radical (unpaired) electrons. The van der Waals surface area contributed by atoms with Gasteiger partial charge in [-0.3, -0.25) is 9.59 Å². The Kier molecular flexibility index (Phi) is 4.56. The lowest BCUT2D eigenvalue weighted by molar-refractivity contribution is -0.118. The molecule has 3 rings (SSSR count). The van der Waals surface area contributed by atoms with E-state index in [0.717, 1.165) is 0 Å². The van der Waals surface area contributed by atoms with Crippen LogP contribution in [-0.4, -0.2) is 24.6 Å². The summed E-state index contributed by atoms with van der Waals surface area (Å²) < 4.78 is 5.08. The smallest absolute Gasteiger partial charge is 0.271 e. The van der Waals surface area contributed by atoms with Gasteiger partial charge >= 0.3 is 0 Å². The third-order valence-electron chi connectivity index (χ3n) is 3.64. The van der Waals surface area contributed by atoms with E-state index < -0.39 is 0 Å². The Labute approximate surface area is 139 Å². The number of nitrogens with one attached hydrogen (secondary N) is 1. The monoisotopic (exact) mass is 323 g/mol.